The third kappa shape index (κ3) is 5.33. The zero-order chi connectivity index (χ0) is 23.5. The Morgan fingerprint density at radius 2 is 1.81 bits per heavy atom. The van der Waals surface area contributed by atoms with Crippen molar-refractivity contribution in [1.82, 2.24) is 0 Å². The van der Waals surface area contributed by atoms with Crippen LogP contribution < -0.4 is 0 Å². The summed E-state index contributed by atoms with van der Waals surface area (Å²) in [5.41, 5.74) is 3.78. The molecule has 3 saturated carbocycles. The number of allylic oxidation sites excluding steroid dienone is 5. The standard InChI is InChI=1S/C30H48O2/c1-7-23(8-2)20(3)11-12-21(4)27-15-16-28-24(10-9-17-30(27,28)6)13-14-25-18-26(31)19-29(32)22(25)5/h11-14,20-21,23,26-29,31-32H,5,7-10,15-19H2,1-4,6H3/b12-11+,24-13+,25-14-/t20-,21+,26+,27+,28-,29-,30+/m0/s1. The molecule has 32 heavy (non-hydrogen) atoms. The van der Waals surface area contributed by atoms with Gasteiger partial charge in [0, 0.05) is 6.42 Å². The van der Waals surface area contributed by atoms with E-state index in [1.807, 2.05) is 0 Å². The summed E-state index contributed by atoms with van der Waals surface area (Å²) in [6, 6.07) is 0. The zero-order valence-electron chi connectivity index (χ0n) is 21.3. The topological polar surface area (TPSA) is 40.5 Å². The van der Waals surface area contributed by atoms with Crippen LogP contribution in [0.1, 0.15) is 92.4 Å². The largest absolute Gasteiger partial charge is 0.393 e. The molecule has 0 radical (unpaired) electrons. The molecule has 0 unspecified atom stereocenters. The molecule has 2 nitrogen and oxygen atoms in total. The van der Waals surface area contributed by atoms with Crippen LogP contribution in [0.25, 0.3) is 0 Å². The maximum atomic E-state index is 10.2. The molecule has 0 heterocycles. The predicted molar refractivity (Wildman–Crippen MR) is 136 cm³/mol. The van der Waals surface area contributed by atoms with Crippen LogP contribution in [0, 0.1) is 35.0 Å². The predicted octanol–water partition coefficient (Wildman–Crippen LogP) is 7.39. The van der Waals surface area contributed by atoms with Crippen molar-refractivity contribution in [2.24, 2.45) is 35.0 Å². The Balaban J connectivity index is 1.74. The molecule has 7 atom stereocenters. The first-order chi connectivity index (χ1) is 15.2. The van der Waals surface area contributed by atoms with Crippen LogP contribution in [-0.2, 0) is 0 Å². The highest BCUT2D eigenvalue weighted by Gasteiger charge is 2.50. The van der Waals surface area contributed by atoms with Gasteiger partial charge in [0.2, 0.25) is 0 Å². The molecule has 2 heteroatoms. The van der Waals surface area contributed by atoms with Gasteiger partial charge in [0.05, 0.1) is 12.2 Å². The van der Waals surface area contributed by atoms with E-state index in [1.165, 1.54) is 44.9 Å². The molecule has 3 aliphatic rings. The van der Waals surface area contributed by atoms with Gasteiger partial charge >= 0.3 is 0 Å². The van der Waals surface area contributed by atoms with E-state index in [0.717, 1.165) is 23.0 Å². The van der Waals surface area contributed by atoms with E-state index in [1.54, 1.807) is 5.57 Å². The summed E-state index contributed by atoms with van der Waals surface area (Å²) in [4.78, 5) is 0. The van der Waals surface area contributed by atoms with Crippen molar-refractivity contribution >= 4 is 0 Å². The van der Waals surface area contributed by atoms with E-state index in [-0.39, 0.29) is 0 Å². The molecule has 0 aliphatic heterocycles. The summed E-state index contributed by atoms with van der Waals surface area (Å²) in [5, 5.41) is 20.2. The number of fused-ring (bicyclic) bond motifs is 1. The van der Waals surface area contributed by atoms with Gasteiger partial charge < -0.3 is 10.2 Å². The van der Waals surface area contributed by atoms with Crippen LogP contribution in [0.3, 0.4) is 0 Å². The average Bonchev–Trinajstić information content (AvgIpc) is 3.12. The van der Waals surface area contributed by atoms with Gasteiger partial charge in [0.25, 0.3) is 0 Å². The second kappa shape index (κ2) is 10.9. The summed E-state index contributed by atoms with van der Waals surface area (Å²) in [6.07, 6.45) is 18.4. The summed E-state index contributed by atoms with van der Waals surface area (Å²) < 4.78 is 0. The molecule has 3 aliphatic carbocycles. The number of aliphatic hydroxyl groups excluding tert-OH is 2. The molecule has 0 spiro atoms. The summed E-state index contributed by atoms with van der Waals surface area (Å²) in [7, 11) is 0. The Morgan fingerprint density at radius 3 is 2.50 bits per heavy atom. The maximum Gasteiger partial charge on any atom is 0.0811 e. The lowest BCUT2D eigenvalue weighted by Gasteiger charge is -2.44. The Morgan fingerprint density at radius 1 is 1.09 bits per heavy atom. The van der Waals surface area contributed by atoms with Crippen molar-refractivity contribution in [3.05, 3.63) is 47.6 Å². The van der Waals surface area contributed by atoms with E-state index in [9.17, 15) is 10.2 Å². The Hall–Kier alpha value is -1.12. The van der Waals surface area contributed by atoms with Crippen LogP contribution in [0.2, 0.25) is 0 Å². The molecule has 0 aromatic heterocycles. The zero-order valence-corrected chi connectivity index (χ0v) is 21.3. The molecule has 180 valence electrons. The molecule has 2 N–H and O–H groups in total. The fourth-order valence-electron chi connectivity index (χ4n) is 7.28. The third-order valence-electron chi connectivity index (χ3n) is 9.45. The lowest BCUT2D eigenvalue weighted by molar-refractivity contribution is 0.0862. The van der Waals surface area contributed by atoms with Crippen molar-refractivity contribution in [3.63, 3.8) is 0 Å². The lowest BCUT2D eigenvalue weighted by atomic mass is 9.61. The number of rotatable bonds is 7. The van der Waals surface area contributed by atoms with E-state index < -0.39 is 12.2 Å². The third-order valence-corrected chi connectivity index (χ3v) is 9.45. The SMILES string of the molecule is C=C1/C(=C\C=C2/CCC[C@]3(C)[C@@H]([C@H](C)/C=C/[C@H](C)C(CC)CC)CC[C@@H]23)C[C@@H](O)C[C@@H]1O. The summed E-state index contributed by atoms with van der Waals surface area (Å²) in [6.45, 7) is 16.1. The molecule has 0 bridgehead atoms. The quantitative estimate of drug-likeness (QED) is 0.405. The van der Waals surface area contributed by atoms with Crippen LogP contribution in [-0.4, -0.2) is 22.4 Å². The van der Waals surface area contributed by atoms with Gasteiger partial charge in [-0.2, -0.15) is 0 Å². The maximum absolute atomic E-state index is 10.2. The number of hydrogen-bond donors (Lipinski definition) is 2. The minimum absolute atomic E-state index is 0.382. The summed E-state index contributed by atoms with van der Waals surface area (Å²) >= 11 is 0. The molecule has 3 rings (SSSR count). The minimum atomic E-state index is -0.606. The second-order valence-corrected chi connectivity index (χ2v) is 11.3. The van der Waals surface area contributed by atoms with Crippen molar-refractivity contribution in [2.45, 2.75) is 105 Å². The average molecular weight is 441 g/mol. The molecule has 3 fully saturated rings. The van der Waals surface area contributed by atoms with Crippen molar-refractivity contribution in [2.75, 3.05) is 0 Å². The fourth-order valence-corrected chi connectivity index (χ4v) is 7.28. The number of aliphatic hydroxyl groups is 2. The van der Waals surface area contributed by atoms with Crippen molar-refractivity contribution < 1.29 is 10.2 Å². The van der Waals surface area contributed by atoms with Gasteiger partial charge in [-0.25, -0.2) is 0 Å². The van der Waals surface area contributed by atoms with E-state index in [2.05, 4.69) is 65.5 Å². The van der Waals surface area contributed by atoms with Gasteiger partial charge in [-0.1, -0.05) is 83.9 Å². The van der Waals surface area contributed by atoms with Gasteiger partial charge in [-0.05, 0) is 84.7 Å². The molecule has 0 aromatic carbocycles. The summed E-state index contributed by atoms with van der Waals surface area (Å²) in [5.74, 6) is 3.51. The molecular formula is C30H48O2. The van der Waals surface area contributed by atoms with Crippen LogP contribution in [0.5, 0.6) is 0 Å². The lowest BCUT2D eigenvalue weighted by Crippen LogP contribution is -2.35. The van der Waals surface area contributed by atoms with Crippen LogP contribution >= 0.6 is 0 Å². The van der Waals surface area contributed by atoms with Gasteiger partial charge in [0.1, 0.15) is 0 Å². The van der Waals surface area contributed by atoms with Crippen molar-refractivity contribution in [1.29, 1.82) is 0 Å². The van der Waals surface area contributed by atoms with Gasteiger partial charge in [-0.15, -0.1) is 0 Å². The van der Waals surface area contributed by atoms with E-state index >= 15 is 0 Å². The molecule has 0 amide bonds. The fraction of sp³-hybridized carbons (Fsp3) is 0.733. The van der Waals surface area contributed by atoms with Gasteiger partial charge in [-0.3, -0.25) is 0 Å². The highest BCUT2D eigenvalue weighted by atomic mass is 16.3. The van der Waals surface area contributed by atoms with E-state index in [4.69, 9.17) is 0 Å². The van der Waals surface area contributed by atoms with E-state index in [0.29, 0.717) is 36.0 Å². The van der Waals surface area contributed by atoms with Gasteiger partial charge in [0.15, 0.2) is 0 Å². The van der Waals surface area contributed by atoms with Crippen LogP contribution in [0.4, 0.5) is 0 Å². The molecular weight excluding hydrogens is 392 g/mol. The number of hydrogen-bond acceptors (Lipinski definition) is 2. The first-order valence-electron chi connectivity index (χ1n) is 13.3. The monoisotopic (exact) mass is 440 g/mol. The first kappa shape index (κ1) is 25.5. The molecule has 0 aromatic rings. The van der Waals surface area contributed by atoms with Crippen molar-refractivity contribution in [3.8, 4) is 0 Å². The highest BCUT2D eigenvalue weighted by Crippen LogP contribution is 2.59. The minimum Gasteiger partial charge on any atom is -0.393 e. The Kier molecular flexibility index (Phi) is 8.66. The first-order valence-corrected chi connectivity index (χ1v) is 13.3. The highest BCUT2D eigenvalue weighted by molar-refractivity contribution is 5.38. The molecule has 0 saturated heterocycles. The second-order valence-electron chi connectivity index (χ2n) is 11.3. The Labute approximate surface area is 197 Å². The Bertz CT molecular complexity index is 740. The smallest absolute Gasteiger partial charge is 0.0811 e. The normalized spacial score (nSPS) is 38.1. The van der Waals surface area contributed by atoms with Crippen LogP contribution in [0.15, 0.2) is 47.6 Å².